The number of anilines is 1. The van der Waals surface area contributed by atoms with Gasteiger partial charge in [0.05, 0.1) is 19.5 Å². The predicted octanol–water partition coefficient (Wildman–Crippen LogP) is -1.78. The predicted molar refractivity (Wildman–Crippen MR) is 132 cm³/mol. The van der Waals surface area contributed by atoms with Crippen LogP contribution in [0.15, 0.2) is 24.3 Å². The van der Waals surface area contributed by atoms with Crippen molar-refractivity contribution < 1.29 is 29.1 Å². The fourth-order valence-electron chi connectivity index (χ4n) is 4.02. The van der Waals surface area contributed by atoms with Gasteiger partial charge < -0.3 is 26.8 Å². The van der Waals surface area contributed by atoms with E-state index in [-0.39, 0.29) is 24.7 Å². The van der Waals surface area contributed by atoms with E-state index in [1.165, 1.54) is 4.90 Å². The lowest BCUT2D eigenvalue weighted by Gasteiger charge is -2.27. The van der Waals surface area contributed by atoms with Crippen LogP contribution in [-0.2, 0) is 36.9 Å². The monoisotopic (exact) mass is 529 g/mol. The second-order valence-electron chi connectivity index (χ2n) is 8.96. The maximum absolute atomic E-state index is 13.3. The van der Waals surface area contributed by atoms with Crippen LogP contribution in [-0.4, -0.2) is 80.0 Å². The van der Waals surface area contributed by atoms with Gasteiger partial charge >= 0.3 is 5.97 Å². The van der Waals surface area contributed by atoms with E-state index in [2.05, 4.69) is 36.6 Å². The molecule has 1 aromatic carbocycles. The van der Waals surface area contributed by atoms with E-state index in [0.717, 1.165) is 5.56 Å². The zero-order valence-electron chi connectivity index (χ0n) is 21.0. The Kier molecular flexibility index (Phi) is 9.43. The first-order valence-corrected chi connectivity index (χ1v) is 12.1. The van der Waals surface area contributed by atoms with Crippen LogP contribution in [0, 0.1) is 5.92 Å². The molecule has 2 aromatic rings. The molecule has 0 saturated heterocycles. The lowest BCUT2D eigenvalue weighted by atomic mass is 9.98. The third-order valence-electron chi connectivity index (χ3n) is 6.31. The summed E-state index contributed by atoms with van der Waals surface area (Å²) in [4.78, 5) is 63.8. The van der Waals surface area contributed by atoms with Gasteiger partial charge in [-0.05, 0) is 17.5 Å². The van der Waals surface area contributed by atoms with Crippen molar-refractivity contribution in [3.63, 3.8) is 0 Å². The Morgan fingerprint density at radius 3 is 2.61 bits per heavy atom. The van der Waals surface area contributed by atoms with E-state index >= 15 is 0 Å². The molecule has 204 valence electrons. The lowest BCUT2D eigenvalue weighted by molar-refractivity contribution is -0.140. The van der Waals surface area contributed by atoms with Crippen molar-refractivity contribution in [3.05, 3.63) is 35.7 Å². The van der Waals surface area contributed by atoms with Crippen molar-refractivity contribution in [1.82, 2.24) is 36.6 Å². The zero-order chi connectivity index (χ0) is 27.8. The Hall–Kier alpha value is -4.40. The van der Waals surface area contributed by atoms with E-state index in [9.17, 15) is 24.0 Å². The SMILES string of the molecule is CC[C@H](C)[C@H](NC(=O)C[C@@H](N)C(=O)O)C(=O)NCC(=O)N1c2ccccc2C[C@H]1C(=O)NCc1nn[nH]n1. The molecule has 0 aliphatic carbocycles. The number of carbonyl (C=O) groups excluding carboxylic acids is 4. The number of nitrogens with one attached hydrogen (secondary N) is 4. The molecule has 0 fully saturated rings. The summed E-state index contributed by atoms with van der Waals surface area (Å²) >= 11 is 0. The number of amides is 4. The summed E-state index contributed by atoms with van der Waals surface area (Å²) in [5.41, 5.74) is 6.77. The van der Waals surface area contributed by atoms with E-state index in [1.807, 2.05) is 13.0 Å². The second-order valence-corrected chi connectivity index (χ2v) is 8.96. The minimum absolute atomic E-state index is 0.0166. The number of hydrogen-bond acceptors (Lipinski definition) is 9. The van der Waals surface area contributed by atoms with Crippen molar-refractivity contribution in [2.45, 2.75) is 57.8 Å². The molecule has 4 amide bonds. The van der Waals surface area contributed by atoms with Gasteiger partial charge in [0.15, 0.2) is 5.82 Å². The van der Waals surface area contributed by atoms with Crippen molar-refractivity contribution in [1.29, 1.82) is 0 Å². The van der Waals surface area contributed by atoms with Gasteiger partial charge in [-0.1, -0.05) is 43.7 Å². The van der Waals surface area contributed by atoms with Gasteiger partial charge in [0.25, 0.3) is 0 Å². The van der Waals surface area contributed by atoms with Gasteiger partial charge in [-0.15, -0.1) is 10.2 Å². The molecule has 0 radical (unpaired) electrons. The summed E-state index contributed by atoms with van der Waals surface area (Å²) in [5, 5.41) is 30.0. The fourth-order valence-corrected chi connectivity index (χ4v) is 4.02. The molecular weight excluding hydrogens is 498 g/mol. The van der Waals surface area contributed by atoms with E-state index < -0.39 is 60.7 Å². The van der Waals surface area contributed by atoms with Crippen molar-refractivity contribution in [3.8, 4) is 0 Å². The second kappa shape index (κ2) is 12.7. The first-order chi connectivity index (χ1) is 18.1. The third-order valence-corrected chi connectivity index (χ3v) is 6.31. The van der Waals surface area contributed by atoms with Crippen LogP contribution in [0.25, 0.3) is 0 Å². The number of benzene rings is 1. The quantitative estimate of drug-likeness (QED) is 0.181. The normalized spacial score (nSPS) is 16.6. The number of nitrogens with two attached hydrogens (primary N) is 1. The molecule has 3 rings (SSSR count). The summed E-state index contributed by atoms with van der Waals surface area (Å²) in [6, 6.07) is 3.81. The summed E-state index contributed by atoms with van der Waals surface area (Å²) in [7, 11) is 0. The number of rotatable bonds is 12. The van der Waals surface area contributed by atoms with Crippen LogP contribution >= 0.6 is 0 Å². The van der Waals surface area contributed by atoms with Gasteiger partial charge in [0, 0.05) is 12.1 Å². The van der Waals surface area contributed by atoms with Gasteiger partial charge in [-0.2, -0.15) is 5.21 Å². The fraction of sp³-hybridized carbons (Fsp3) is 0.478. The average molecular weight is 530 g/mol. The van der Waals surface area contributed by atoms with Gasteiger partial charge in [0.2, 0.25) is 23.6 Å². The molecule has 0 saturated carbocycles. The number of tetrazole rings is 1. The van der Waals surface area contributed by atoms with Crippen LogP contribution in [0.1, 0.15) is 38.1 Å². The number of carboxylic acids is 1. The highest BCUT2D eigenvalue weighted by molar-refractivity contribution is 6.05. The molecule has 0 bridgehead atoms. The topological polar surface area (TPSA) is 225 Å². The number of nitrogens with zero attached hydrogens (tertiary/aromatic N) is 4. The van der Waals surface area contributed by atoms with E-state index in [1.54, 1.807) is 25.1 Å². The highest BCUT2D eigenvalue weighted by atomic mass is 16.4. The summed E-state index contributed by atoms with van der Waals surface area (Å²) in [6.07, 6.45) is 0.308. The Bertz CT molecular complexity index is 1170. The summed E-state index contributed by atoms with van der Waals surface area (Å²) in [6.45, 7) is 3.15. The standard InChI is InChI=1S/C23H31N9O6/c1-3-12(2)20(27-18(33)9-14(24)23(37)38)22(36)26-11-19(34)32-15-7-5-4-6-13(15)8-16(32)21(35)25-10-17-28-30-31-29-17/h4-7,12,14,16,20H,3,8-11,24H2,1-2H3,(H,25,35)(H,26,36)(H,27,33)(H,37,38)(H,28,29,30,31)/t12-,14+,16-,20-/m0/s1. The van der Waals surface area contributed by atoms with Gasteiger partial charge in [-0.25, -0.2) is 0 Å². The first kappa shape index (κ1) is 28.2. The Morgan fingerprint density at radius 1 is 1.21 bits per heavy atom. The van der Waals surface area contributed by atoms with E-state index in [4.69, 9.17) is 10.8 Å². The number of carboxylic acid groups (broad SMARTS) is 1. The number of para-hydroxylation sites is 1. The van der Waals surface area contributed by atoms with Crippen LogP contribution in [0.3, 0.4) is 0 Å². The number of H-pyrrole nitrogens is 1. The minimum Gasteiger partial charge on any atom is -0.480 e. The molecule has 1 aliphatic rings. The van der Waals surface area contributed by atoms with Gasteiger partial charge in [0.1, 0.15) is 18.1 Å². The number of aromatic nitrogens is 4. The third kappa shape index (κ3) is 6.88. The Balaban J connectivity index is 1.67. The molecule has 38 heavy (non-hydrogen) atoms. The van der Waals surface area contributed by atoms with Gasteiger partial charge in [-0.3, -0.25) is 28.9 Å². The van der Waals surface area contributed by atoms with Crippen LogP contribution in [0.4, 0.5) is 5.69 Å². The minimum atomic E-state index is -1.41. The first-order valence-electron chi connectivity index (χ1n) is 12.1. The molecule has 0 unspecified atom stereocenters. The maximum atomic E-state index is 13.3. The molecule has 1 aliphatic heterocycles. The Morgan fingerprint density at radius 2 is 1.95 bits per heavy atom. The van der Waals surface area contributed by atoms with Crippen LogP contribution in [0.2, 0.25) is 0 Å². The summed E-state index contributed by atoms with van der Waals surface area (Å²) in [5.74, 6) is -3.63. The zero-order valence-corrected chi connectivity index (χ0v) is 21.0. The highest BCUT2D eigenvalue weighted by Crippen LogP contribution is 2.32. The average Bonchev–Trinajstić information content (AvgIpc) is 3.56. The smallest absolute Gasteiger partial charge is 0.321 e. The molecule has 7 N–H and O–H groups in total. The number of aromatic amines is 1. The van der Waals surface area contributed by atoms with Crippen molar-refractivity contribution in [2.24, 2.45) is 11.7 Å². The van der Waals surface area contributed by atoms with Crippen molar-refractivity contribution >= 4 is 35.3 Å². The molecular formula is C23H31N9O6. The number of aliphatic carboxylic acids is 1. The molecule has 1 aromatic heterocycles. The van der Waals surface area contributed by atoms with E-state index in [0.29, 0.717) is 12.1 Å². The van der Waals surface area contributed by atoms with Crippen molar-refractivity contribution in [2.75, 3.05) is 11.4 Å². The molecule has 4 atom stereocenters. The molecule has 15 heteroatoms. The molecule has 0 spiro atoms. The van der Waals surface area contributed by atoms with Crippen LogP contribution in [0.5, 0.6) is 0 Å². The summed E-state index contributed by atoms with van der Waals surface area (Å²) < 4.78 is 0. The highest BCUT2D eigenvalue weighted by Gasteiger charge is 2.38. The maximum Gasteiger partial charge on any atom is 0.321 e. The lowest BCUT2D eigenvalue weighted by Crippen LogP contribution is -2.54. The number of carbonyl (C=O) groups is 5. The number of hydrogen-bond donors (Lipinski definition) is 6. The molecule has 15 nitrogen and oxygen atoms in total. The number of fused-ring (bicyclic) bond motifs is 1. The largest absolute Gasteiger partial charge is 0.480 e. The molecule has 2 heterocycles. The van der Waals surface area contributed by atoms with Crippen LogP contribution < -0.4 is 26.6 Å². The Labute approximate surface area is 217 Å².